The summed E-state index contributed by atoms with van der Waals surface area (Å²) in [6.07, 6.45) is 5.97. The molecule has 6 nitrogen and oxygen atoms in total. The fourth-order valence-corrected chi connectivity index (χ4v) is 4.91. The number of nitrogens with zero attached hydrogens (tertiary/aromatic N) is 3. The van der Waals surface area contributed by atoms with Gasteiger partial charge in [-0.05, 0) is 36.5 Å². The number of H-pyrrole nitrogens is 1. The van der Waals surface area contributed by atoms with Crippen molar-refractivity contribution >= 4 is 11.8 Å². The van der Waals surface area contributed by atoms with Crippen molar-refractivity contribution in [3.63, 3.8) is 0 Å². The molecule has 1 aromatic heterocycles. The predicted molar refractivity (Wildman–Crippen MR) is 106 cm³/mol. The normalized spacial score (nSPS) is 23.9. The van der Waals surface area contributed by atoms with Crippen LogP contribution in [0, 0.1) is 18.8 Å². The number of likely N-dealkylation sites (tertiary alicyclic amines) is 2. The van der Waals surface area contributed by atoms with Gasteiger partial charge in [-0.15, -0.1) is 0 Å². The molecule has 148 valence electrons. The predicted octanol–water partition coefficient (Wildman–Crippen LogP) is 2.72. The van der Waals surface area contributed by atoms with Gasteiger partial charge in [0.15, 0.2) is 0 Å². The van der Waals surface area contributed by atoms with Gasteiger partial charge in [-0.1, -0.05) is 24.3 Å². The number of rotatable bonds is 5. The lowest BCUT2D eigenvalue weighted by Crippen LogP contribution is -2.36. The molecule has 2 fully saturated rings. The smallest absolute Gasteiger partial charge is 0.222 e. The number of fused-ring (bicyclic) bond motifs is 1. The molecule has 0 saturated carbocycles. The molecule has 0 bridgehead atoms. The number of benzene rings is 1. The first kappa shape index (κ1) is 18.7. The molecule has 2 saturated heterocycles. The van der Waals surface area contributed by atoms with Gasteiger partial charge in [0.05, 0.1) is 12.2 Å². The van der Waals surface area contributed by atoms with E-state index in [1.54, 1.807) is 6.92 Å². The molecule has 0 radical (unpaired) electrons. The maximum atomic E-state index is 12.8. The van der Waals surface area contributed by atoms with Gasteiger partial charge >= 0.3 is 0 Å². The van der Waals surface area contributed by atoms with Gasteiger partial charge in [-0.2, -0.15) is 5.10 Å². The number of carbonyl (C=O) groups is 2. The number of amides is 2. The van der Waals surface area contributed by atoms with Crippen LogP contribution in [-0.2, 0) is 16.0 Å². The zero-order valence-electron chi connectivity index (χ0n) is 16.6. The molecule has 2 amide bonds. The van der Waals surface area contributed by atoms with Crippen molar-refractivity contribution in [1.29, 1.82) is 0 Å². The Morgan fingerprint density at radius 3 is 2.75 bits per heavy atom. The molecule has 1 aromatic carbocycles. The van der Waals surface area contributed by atoms with Gasteiger partial charge in [0, 0.05) is 51.0 Å². The minimum absolute atomic E-state index is 0.0763. The van der Waals surface area contributed by atoms with E-state index in [2.05, 4.69) is 29.3 Å². The summed E-state index contributed by atoms with van der Waals surface area (Å²) in [4.78, 5) is 29.1. The van der Waals surface area contributed by atoms with Crippen LogP contribution >= 0.6 is 0 Å². The minimum atomic E-state index is 0.0763. The van der Waals surface area contributed by atoms with Crippen LogP contribution in [0.2, 0.25) is 0 Å². The minimum Gasteiger partial charge on any atom is -0.342 e. The topological polar surface area (TPSA) is 69.3 Å². The van der Waals surface area contributed by atoms with Crippen LogP contribution in [-0.4, -0.2) is 51.4 Å². The molecule has 2 aliphatic rings. The third-order valence-electron chi connectivity index (χ3n) is 6.34. The SMILES string of the molecule is CC(=O)N1C[C@H]2CN(C(=O)CCCc3cn[nH]c3)C[C@H]2[C@@H]1c1ccccc1C. The largest absolute Gasteiger partial charge is 0.342 e. The molecule has 28 heavy (non-hydrogen) atoms. The quantitative estimate of drug-likeness (QED) is 0.867. The van der Waals surface area contributed by atoms with Crippen LogP contribution in [0.4, 0.5) is 0 Å². The molecule has 1 N–H and O–H groups in total. The van der Waals surface area contributed by atoms with Crippen LogP contribution < -0.4 is 0 Å². The zero-order chi connectivity index (χ0) is 19.7. The Morgan fingerprint density at radius 1 is 1.21 bits per heavy atom. The Morgan fingerprint density at radius 2 is 2.04 bits per heavy atom. The Bertz CT molecular complexity index is 848. The van der Waals surface area contributed by atoms with E-state index >= 15 is 0 Å². The summed E-state index contributed by atoms with van der Waals surface area (Å²) in [6.45, 7) is 6.02. The fourth-order valence-electron chi connectivity index (χ4n) is 4.91. The number of hydrogen-bond donors (Lipinski definition) is 1. The lowest BCUT2D eigenvalue weighted by Gasteiger charge is -2.30. The van der Waals surface area contributed by atoms with Crippen molar-refractivity contribution in [2.45, 2.75) is 39.2 Å². The number of aromatic nitrogens is 2. The Hall–Kier alpha value is -2.63. The lowest BCUT2D eigenvalue weighted by atomic mass is 9.87. The van der Waals surface area contributed by atoms with E-state index in [0.717, 1.165) is 38.0 Å². The van der Waals surface area contributed by atoms with Gasteiger partial charge in [0.2, 0.25) is 11.8 Å². The first-order valence-corrected chi connectivity index (χ1v) is 10.1. The molecular weight excluding hydrogens is 352 g/mol. The number of aromatic amines is 1. The standard InChI is InChI=1S/C22H28N4O2/c1-15-6-3-4-8-19(15)22-20-14-25(12-18(20)13-26(22)16(2)27)21(28)9-5-7-17-10-23-24-11-17/h3-4,6,8,10-11,18,20,22H,5,7,9,12-14H2,1-2H3,(H,23,24)/t18-,20-,22+/m1/s1. The summed E-state index contributed by atoms with van der Waals surface area (Å²) in [6, 6.07) is 8.39. The molecule has 0 aliphatic carbocycles. The summed E-state index contributed by atoms with van der Waals surface area (Å²) < 4.78 is 0. The van der Waals surface area contributed by atoms with Crippen LogP contribution in [0.3, 0.4) is 0 Å². The maximum absolute atomic E-state index is 12.8. The van der Waals surface area contributed by atoms with E-state index in [4.69, 9.17) is 0 Å². The molecule has 2 aromatic rings. The molecular formula is C22H28N4O2. The number of aryl methyl sites for hydroxylation is 2. The summed E-state index contributed by atoms with van der Waals surface area (Å²) in [5.74, 6) is 1.05. The van der Waals surface area contributed by atoms with E-state index in [1.807, 2.05) is 34.3 Å². The first-order valence-electron chi connectivity index (χ1n) is 10.1. The van der Waals surface area contributed by atoms with Gasteiger partial charge in [-0.25, -0.2) is 0 Å². The van der Waals surface area contributed by atoms with Crippen LogP contribution in [0.1, 0.15) is 42.5 Å². The highest BCUT2D eigenvalue weighted by Gasteiger charge is 2.49. The zero-order valence-corrected chi connectivity index (χ0v) is 16.6. The fraction of sp³-hybridized carbons (Fsp3) is 0.500. The molecule has 2 aliphatic heterocycles. The van der Waals surface area contributed by atoms with Crippen molar-refractivity contribution in [3.8, 4) is 0 Å². The summed E-state index contributed by atoms with van der Waals surface area (Å²) in [7, 11) is 0. The highest BCUT2D eigenvalue weighted by atomic mass is 16.2. The van der Waals surface area contributed by atoms with Crippen LogP contribution in [0.15, 0.2) is 36.7 Å². The molecule has 6 heteroatoms. The second kappa shape index (κ2) is 7.78. The molecule has 4 rings (SSSR count). The first-order chi connectivity index (χ1) is 13.5. The average molecular weight is 380 g/mol. The molecule has 3 atom stereocenters. The van der Waals surface area contributed by atoms with E-state index < -0.39 is 0 Å². The average Bonchev–Trinajstić information content (AvgIpc) is 3.38. The Labute approximate surface area is 165 Å². The number of hydrogen-bond acceptors (Lipinski definition) is 3. The number of carbonyl (C=O) groups excluding carboxylic acids is 2. The number of nitrogens with one attached hydrogen (secondary N) is 1. The van der Waals surface area contributed by atoms with Gasteiger partial charge in [0.25, 0.3) is 0 Å². The maximum Gasteiger partial charge on any atom is 0.222 e. The molecule has 0 spiro atoms. The van der Waals surface area contributed by atoms with Gasteiger partial charge < -0.3 is 9.80 Å². The lowest BCUT2D eigenvalue weighted by molar-refractivity contribution is -0.131. The van der Waals surface area contributed by atoms with Gasteiger partial charge in [0.1, 0.15) is 0 Å². The van der Waals surface area contributed by atoms with E-state index in [1.165, 1.54) is 11.1 Å². The summed E-state index contributed by atoms with van der Waals surface area (Å²) >= 11 is 0. The van der Waals surface area contributed by atoms with E-state index in [9.17, 15) is 9.59 Å². The summed E-state index contributed by atoms with van der Waals surface area (Å²) in [5.41, 5.74) is 3.58. The monoisotopic (exact) mass is 380 g/mol. The van der Waals surface area contributed by atoms with Crippen LogP contribution in [0.5, 0.6) is 0 Å². The highest BCUT2D eigenvalue weighted by molar-refractivity contribution is 5.77. The third kappa shape index (κ3) is 3.55. The third-order valence-corrected chi connectivity index (χ3v) is 6.34. The van der Waals surface area contributed by atoms with Crippen molar-refractivity contribution in [1.82, 2.24) is 20.0 Å². The Kier molecular flexibility index (Phi) is 5.20. The highest BCUT2D eigenvalue weighted by Crippen LogP contribution is 2.45. The second-order valence-corrected chi connectivity index (χ2v) is 8.16. The van der Waals surface area contributed by atoms with Crippen LogP contribution in [0.25, 0.3) is 0 Å². The van der Waals surface area contributed by atoms with Gasteiger partial charge in [-0.3, -0.25) is 14.7 Å². The van der Waals surface area contributed by atoms with E-state index in [0.29, 0.717) is 18.3 Å². The van der Waals surface area contributed by atoms with E-state index in [-0.39, 0.29) is 17.9 Å². The second-order valence-electron chi connectivity index (χ2n) is 8.16. The molecule has 0 unspecified atom stereocenters. The van der Waals surface area contributed by atoms with Crippen molar-refractivity contribution in [2.24, 2.45) is 11.8 Å². The molecule has 3 heterocycles. The Balaban J connectivity index is 1.43. The van der Waals surface area contributed by atoms with Crippen molar-refractivity contribution in [3.05, 3.63) is 53.3 Å². The van der Waals surface area contributed by atoms with Crippen molar-refractivity contribution < 1.29 is 9.59 Å². The van der Waals surface area contributed by atoms with Crippen molar-refractivity contribution in [2.75, 3.05) is 19.6 Å². The summed E-state index contributed by atoms with van der Waals surface area (Å²) in [5, 5.41) is 6.76.